The van der Waals surface area contributed by atoms with Crippen LogP contribution in [0.3, 0.4) is 0 Å². The van der Waals surface area contributed by atoms with E-state index < -0.39 is 5.82 Å². The molecule has 98 valence electrons. The first-order chi connectivity index (χ1) is 8.65. The molecule has 1 aliphatic rings. The summed E-state index contributed by atoms with van der Waals surface area (Å²) in [6.45, 7) is 2.84. The standard InChI is InChI=1S/C14H19FN2O/c1-10-4-2-5-12(13(10)15)14(18)17(9-3-8-16)11-6-7-11/h2,4-5,11H,3,6-9,16H2,1H3. The Labute approximate surface area is 107 Å². The number of nitrogens with zero attached hydrogens (tertiary/aromatic N) is 1. The number of hydrogen-bond donors (Lipinski definition) is 1. The summed E-state index contributed by atoms with van der Waals surface area (Å²) in [7, 11) is 0. The van der Waals surface area contributed by atoms with Crippen LogP contribution < -0.4 is 5.73 Å². The van der Waals surface area contributed by atoms with Crippen molar-refractivity contribution in [3.8, 4) is 0 Å². The highest BCUT2D eigenvalue weighted by atomic mass is 19.1. The number of nitrogens with two attached hydrogens (primary N) is 1. The van der Waals surface area contributed by atoms with Gasteiger partial charge in [0.15, 0.2) is 0 Å². The largest absolute Gasteiger partial charge is 0.336 e. The molecule has 0 heterocycles. The summed E-state index contributed by atoms with van der Waals surface area (Å²) in [4.78, 5) is 14.1. The predicted molar refractivity (Wildman–Crippen MR) is 68.9 cm³/mol. The van der Waals surface area contributed by atoms with Crippen LogP contribution in [0.1, 0.15) is 35.2 Å². The van der Waals surface area contributed by atoms with Crippen LogP contribution in [-0.2, 0) is 0 Å². The fraction of sp³-hybridized carbons (Fsp3) is 0.500. The SMILES string of the molecule is Cc1cccc(C(=O)N(CCCN)C2CC2)c1F. The topological polar surface area (TPSA) is 46.3 Å². The van der Waals surface area contributed by atoms with Crippen LogP contribution in [0.25, 0.3) is 0 Å². The van der Waals surface area contributed by atoms with Gasteiger partial charge >= 0.3 is 0 Å². The van der Waals surface area contributed by atoms with Crippen molar-refractivity contribution in [2.24, 2.45) is 5.73 Å². The fourth-order valence-electron chi connectivity index (χ4n) is 2.07. The highest BCUT2D eigenvalue weighted by Crippen LogP contribution is 2.29. The van der Waals surface area contributed by atoms with Crippen molar-refractivity contribution in [3.63, 3.8) is 0 Å². The maximum atomic E-state index is 13.9. The molecule has 1 aliphatic carbocycles. The van der Waals surface area contributed by atoms with Gasteiger partial charge in [0.05, 0.1) is 5.56 Å². The molecule has 0 aromatic heterocycles. The molecule has 1 fully saturated rings. The Kier molecular flexibility index (Phi) is 3.97. The Balaban J connectivity index is 2.19. The maximum absolute atomic E-state index is 13.9. The highest BCUT2D eigenvalue weighted by molar-refractivity contribution is 5.95. The van der Waals surface area contributed by atoms with Crippen LogP contribution in [0.15, 0.2) is 18.2 Å². The molecule has 1 amide bonds. The number of hydrogen-bond acceptors (Lipinski definition) is 2. The Bertz CT molecular complexity index is 443. The summed E-state index contributed by atoms with van der Waals surface area (Å²) < 4.78 is 13.9. The summed E-state index contributed by atoms with van der Waals surface area (Å²) >= 11 is 0. The van der Waals surface area contributed by atoms with Gasteiger partial charge in [-0.15, -0.1) is 0 Å². The van der Waals surface area contributed by atoms with E-state index in [1.807, 2.05) is 0 Å². The van der Waals surface area contributed by atoms with Gasteiger partial charge in [-0.25, -0.2) is 4.39 Å². The monoisotopic (exact) mass is 250 g/mol. The molecule has 3 nitrogen and oxygen atoms in total. The van der Waals surface area contributed by atoms with Gasteiger partial charge in [0.25, 0.3) is 5.91 Å². The Morgan fingerprint density at radius 3 is 2.83 bits per heavy atom. The Morgan fingerprint density at radius 1 is 1.50 bits per heavy atom. The number of carbonyl (C=O) groups is 1. The summed E-state index contributed by atoms with van der Waals surface area (Å²) in [5.41, 5.74) is 6.17. The molecule has 0 radical (unpaired) electrons. The van der Waals surface area contributed by atoms with E-state index in [-0.39, 0.29) is 17.5 Å². The summed E-state index contributed by atoms with van der Waals surface area (Å²) in [6, 6.07) is 5.24. The zero-order valence-corrected chi connectivity index (χ0v) is 10.7. The molecule has 2 N–H and O–H groups in total. The number of halogens is 1. The first-order valence-electron chi connectivity index (χ1n) is 6.41. The predicted octanol–water partition coefficient (Wildman–Crippen LogP) is 2.09. The van der Waals surface area contributed by atoms with Gasteiger partial charge in [0, 0.05) is 12.6 Å². The van der Waals surface area contributed by atoms with Crippen molar-refractivity contribution in [1.82, 2.24) is 4.90 Å². The second-order valence-electron chi connectivity index (χ2n) is 4.81. The average molecular weight is 250 g/mol. The van der Waals surface area contributed by atoms with Gasteiger partial charge in [0.2, 0.25) is 0 Å². The fourth-order valence-corrected chi connectivity index (χ4v) is 2.07. The zero-order valence-electron chi connectivity index (χ0n) is 10.7. The van der Waals surface area contributed by atoms with Crippen LogP contribution in [0.2, 0.25) is 0 Å². The third-order valence-electron chi connectivity index (χ3n) is 3.27. The van der Waals surface area contributed by atoms with E-state index in [2.05, 4.69) is 0 Å². The van der Waals surface area contributed by atoms with Crippen LogP contribution in [0.4, 0.5) is 4.39 Å². The highest BCUT2D eigenvalue weighted by Gasteiger charge is 2.33. The van der Waals surface area contributed by atoms with E-state index in [0.717, 1.165) is 19.3 Å². The number of aryl methyl sites for hydroxylation is 1. The third-order valence-corrected chi connectivity index (χ3v) is 3.27. The number of rotatable bonds is 5. The van der Waals surface area contributed by atoms with E-state index >= 15 is 0 Å². The van der Waals surface area contributed by atoms with E-state index in [4.69, 9.17) is 5.73 Å². The molecule has 0 atom stereocenters. The molecule has 1 saturated carbocycles. The van der Waals surface area contributed by atoms with Crippen molar-refractivity contribution in [2.45, 2.75) is 32.2 Å². The van der Waals surface area contributed by atoms with Gasteiger partial charge in [-0.2, -0.15) is 0 Å². The molecule has 4 heteroatoms. The number of amides is 1. The lowest BCUT2D eigenvalue weighted by Crippen LogP contribution is -2.35. The lowest BCUT2D eigenvalue weighted by atomic mass is 10.1. The van der Waals surface area contributed by atoms with E-state index in [1.165, 1.54) is 0 Å². The van der Waals surface area contributed by atoms with Crippen LogP contribution in [-0.4, -0.2) is 29.9 Å². The minimum atomic E-state index is -0.402. The maximum Gasteiger partial charge on any atom is 0.257 e. The first kappa shape index (κ1) is 13.0. The minimum absolute atomic E-state index is 0.180. The summed E-state index contributed by atoms with van der Waals surface area (Å²) in [6.07, 6.45) is 2.79. The van der Waals surface area contributed by atoms with Crippen LogP contribution in [0.5, 0.6) is 0 Å². The lowest BCUT2D eigenvalue weighted by molar-refractivity contribution is 0.0737. The Hall–Kier alpha value is -1.42. The minimum Gasteiger partial charge on any atom is -0.336 e. The molecule has 0 saturated heterocycles. The van der Waals surface area contributed by atoms with E-state index in [9.17, 15) is 9.18 Å². The molecule has 1 aromatic carbocycles. The smallest absolute Gasteiger partial charge is 0.257 e. The Morgan fingerprint density at radius 2 is 2.22 bits per heavy atom. The third kappa shape index (κ3) is 2.70. The van der Waals surface area contributed by atoms with Crippen molar-refractivity contribution in [2.75, 3.05) is 13.1 Å². The number of carbonyl (C=O) groups excluding carboxylic acids is 1. The van der Waals surface area contributed by atoms with Crippen LogP contribution >= 0.6 is 0 Å². The van der Waals surface area contributed by atoms with E-state index in [1.54, 1.807) is 30.0 Å². The van der Waals surface area contributed by atoms with Gasteiger partial charge in [-0.1, -0.05) is 12.1 Å². The first-order valence-corrected chi connectivity index (χ1v) is 6.41. The normalized spacial score (nSPS) is 14.6. The molecule has 0 spiro atoms. The van der Waals surface area contributed by atoms with Crippen molar-refractivity contribution < 1.29 is 9.18 Å². The molecule has 0 bridgehead atoms. The molecular weight excluding hydrogens is 231 g/mol. The molecule has 2 rings (SSSR count). The summed E-state index contributed by atoms with van der Waals surface area (Å²) in [5, 5.41) is 0. The second-order valence-corrected chi connectivity index (χ2v) is 4.81. The van der Waals surface area contributed by atoms with Crippen molar-refractivity contribution in [3.05, 3.63) is 35.1 Å². The lowest BCUT2D eigenvalue weighted by Gasteiger charge is -2.22. The van der Waals surface area contributed by atoms with Crippen molar-refractivity contribution >= 4 is 5.91 Å². The van der Waals surface area contributed by atoms with Gasteiger partial charge in [-0.05, 0) is 44.4 Å². The average Bonchev–Trinajstić information content (AvgIpc) is 3.17. The van der Waals surface area contributed by atoms with E-state index in [0.29, 0.717) is 18.7 Å². The van der Waals surface area contributed by atoms with Crippen molar-refractivity contribution in [1.29, 1.82) is 0 Å². The van der Waals surface area contributed by atoms with Gasteiger partial charge < -0.3 is 10.6 Å². The summed E-state index contributed by atoms with van der Waals surface area (Å²) in [5.74, 6) is -0.604. The second kappa shape index (κ2) is 5.48. The molecular formula is C14H19FN2O. The zero-order chi connectivity index (χ0) is 13.1. The van der Waals surface area contributed by atoms with Gasteiger partial charge in [-0.3, -0.25) is 4.79 Å². The molecule has 18 heavy (non-hydrogen) atoms. The van der Waals surface area contributed by atoms with Gasteiger partial charge in [0.1, 0.15) is 5.82 Å². The number of benzene rings is 1. The molecule has 0 unspecified atom stereocenters. The quantitative estimate of drug-likeness (QED) is 0.869. The molecule has 1 aromatic rings. The van der Waals surface area contributed by atoms with Crippen LogP contribution in [0, 0.1) is 12.7 Å². The molecule has 0 aliphatic heterocycles.